The molecule has 2 bridgehead atoms. The predicted octanol–water partition coefficient (Wildman–Crippen LogP) is 3.64. The topological polar surface area (TPSA) is 29.1 Å². The van der Waals surface area contributed by atoms with E-state index in [0.29, 0.717) is 12.0 Å². The minimum absolute atomic E-state index is 0.0316. The summed E-state index contributed by atoms with van der Waals surface area (Å²) in [5, 5.41) is 3.15. The Hall–Kier alpha value is -1.57. The molecule has 0 spiro atoms. The van der Waals surface area contributed by atoms with Crippen LogP contribution in [0, 0.1) is 17.8 Å². The van der Waals surface area contributed by atoms with Crippen LogP contribution in [0.2, 0.25) is 0 Å². The molecule has 2 fully saturated rings. The van der Waals surface area contributed by atoms with Crippen molar-refractivity contribution in [3.8, 4) is 0 Å². The molecule has 1 aromatic rings. The van der Waals surface area contributed by atoms with E-state index in [1.54, 1.807) is 6.08 Å². The molecular formula is C18H23NO. The van der Waals surface area contributed by atoms with Gasteiger partial charge in [-0.05, 0) is 55.6 Å². The summed E-state index contributed by atoms with van der Waals surface area (Å²) in [7, 11) is 0. The molecule has 2 heteroatoms. The van der Waals surface area contributed by atoms with Crippen molar-refractivity contribution in [3.05, 3.63) is 42.0 Å². The monoisotopic (exact) mass is 269 g/mol. The Kier molecular flexibility index (Phi) is 3.90. The minimum Gasteiger partial charge on any atom is -0.350 e. The number of amides is 1. The standard InChI is InChI=1S/C18H23NO/c1-13(17-12-15-7-9-16(17)11-15)19-18(20)10-8-14-5-3-2-4-6-14/h2-6,8,10,13,15-17H,7,9,11-12H2,1H3,(H,19,20)/b10-8+. The van der Waals surface area contributed by atoms with Crippen LogP contribution in [0.3, 0.4) is 0 Å². The molecule has 1 aromatic carbocycles. The summed E-state index contributed by atoms with van der Waals surface area (Å²) in [6.45, 7) is 2.17. The van der Waals surface area contributed by atoms with Crippen molar-refractivity contribution >= 4 is 12.0 Å². The average Bonchev–Trinajstić information content (AvgIpc) is 3.09. The van der Waals surface area contributed by atoms with Crippen LogP contribution in [0.4, 0.5) is 0 Å². The summed E-state index contributed by atoms with van der Waals surface area (Å²) >= 11 is 0. The quantitative estimate of drug-likeness (QED) is 0.831. The Morgan fingerprint density at radius 1 is 1.25 bits per heavy atom. The molecule has 4 atom stereocenters. The van der Waals surface area contributed by atoms with Gasteiger partial charge in [0, 0.05) is 12.1 Å². The van der Waals surface area contributed by atoms with E-state index < -0.39 is 0 Å². The van der Waals surface area contributed by atoms with Gasteiger partial charge in [0.1, 0.15) is 0 Å². The molecule has 4 unspecified atom stereocenters. The van der Waals surface area contributed by atoms with Crippen LogP contribution in [0.25, 0.3) is 6.08 Å². The summed E-state index contributed by atoms with van der Waals surface area (Å²) in [5.74, 6) is 2.52. The Labute approximate surface area is 121 Å². The van der Waals surface area contributed by atoms with E-state index in [2.05, 4.69) is 12.2 Å². The molecule has 0 saturated heterocycles. The summed E-state index contributed by atoms with van der Waals surface area (Å²) < 4.78 is 0. The van der Waals surface area contributed by atoms with Gasteiger partial charge in [0.05, 0.1) is 0 Å². The number of fused-ring (bicyclic) bond motifs is 2. The second-order valence-electron chi connectivity index (χ2n) is 6.38. The van der Waals surface area contributed by atoms with Crippen molar-refractivity contribution < 1.29 is 4.79 Å². The number of carbonyl (C=O) groups excluding carboxylic acids is 1. The molecule has 3 rings (SSSR count). The summed E-state index contributed by atoms with van der Waals surface area (Å²) in [5.41, 5.74) is 1.07. The third kappa shape index (κ3) is 2.95. The van der Waals surface area contributed by atoms with Crippen molar-refractivity contribution in [1.29, 1.82) is 0 Å². The molecule has 106 valence electrons. The Balaban J connectivity index is 1.52. The molecule has 0 aromatic heterocycles. The zero-order valence-electron chi connectivity index (χ0n) is 12.1. The highest BCUT2D eigenvalue weighted by molar-refractivity contribution is 5.91. The van der Waals surface area contributed by atoms with Gasteiger partial charge in [-0.2, -0.15) is 0 Å². The SMILES string of the molecule is CC(NC(=O)/C=C/c1ccccc1)C1CC2CCC1C2. The van der Waals surface area contributed by atoms with Gasteiger partial charge >= 0.3 is 0 Å². The summed E-state index contributed by atoms with van der Waals surface area (Å²) in [6.07, 6.45) is 9.02. The van der Waals surface area contributed by atoms with E-state index in [0.717, 1.165) is 17.4 Å². The molecule has 2 aliphatic rings. The maximum atomic E-state index is 12.0. The van der Waals surface area contributed by atoms with Crippen molar-refractivity contribution in [2.45, 2.75) is 38.6 Å². The molecule has 20 heavy (non-hydrogen) atoms. The molecular weight excluding hydrogens is 246 g/mol. The van der Waals surface area contributed by atoms with Gasteiger partial charge in [0.2, 0.25) is 5.91 Å². The van der Waals surface area contributed by atoms with Gasteiger partial charge in [-0.25, -0.2) is 0 Å². The summed E-state index contributed by atoms with van der Waals surface area (Å²) in [4.78, 5) is 12.0. The first-order chi connectivity index (χ1) is 9.72. The smallest absolute Gasteiger partial charge is 0.244 e. The molecule has 0 heterocycles. The van der Waals surface area contributed by atoms with Gasteiger partial charge < -0.3 is 5.32 Å². The van der Waals surface area contributed by atoms with Crippen LogP contribution < -0.4 is 5.32 Å². The zero-order chi connectivity index (χ0) is 13.9. The molecule has 1 N–H and O–H groups in total. The van der Waals surface area contributed by atoms with Gasteiger partial charge in [-0.3, -0.25) is 4.79 Å². The highest BCUT2D eigenvalue weighted by Crippen LogP contribution is 2.49. The normalized spacial score (nSPS) is 29.8. The lowest BCUT2D eigenvalue weighted by molar-refractivity contribution is -0.117. The maximum Gasteiger partial charge on any atom is 0.244 e. The molecule has 1 amide bonds. The van der Waals surface area contributed by atoms with E-state index in [1.165, 1.54) is 25.7 Å². The highest BCUT2D eigenvalue weighted by Gasteiger charge is 2.41. The minimum atomic E-state index is 0.0316. The number of rotatable bonds is 4. The number of benzene rings is 1. The highest BCUT2D eigenvalue weighted by atomic mass is 16.1. The van der Waals surface area contributed by atoms with Gasteiger partial charge in [0.25, 0.3) is 0 Å². The molecule has 2 aliphatic carbocycles. The van der Waals surface area contributed by atoms with Crippen molar-refractivity contribution in [2.24, 2.45) is 17.8 Å². The average molecular weight is 269 g/mol. The van der Waals surface area contributed by atoms with Crippen molar-refractivity contribution in [1.82, 2.24) is 5.32 Å². The lowest BCUT2D eigenvalue weighted by Crippen LogP contribution is -2.39. The fraction of sp³-hybridized carbons (Fsp3) is 0.500. The number of hydrogen-bond acceptors (Lipinski definition) is 1. The lowest BCUT2D eigenvalue weighted by atomic mass is 9.84. The van der Waals surface area contributed by atoms with E-state index in [-0.39, 0.29) is 5.91 Å². The number of carbonyl (C=O) groups is 1. The molecule has 2 saturated carbocycles. The van der Waals surface area contributed by atoms with Gasteiger partial charge in [-0.1, -0.05) is 36.8 Å². The number of nitrogens with one attached hydrogen (secondary N) is 1. The summed E-state index contributed by atoms with van der Waals surface area (Å²) in [6, 6.07) is 10.3. The van der Waals surface area contributed by atoms with Crippen molar-refractivity contribution in [2.75, 3.05) is 0 Å². The second-order valence-corrected chi connectivity index (χ2v) is 6.38. The predicted molar refractivity (Wildman–Crippen MR) is 82.0 cm³/mol. The molecule has 2 nitrogen and oxygen atoms in total. The largest absolute Gasteiger partial charge is 0.350 e. The molecule has 0 aliphatic heterocycles. The van der Waals surface area contributed by atoms with Crippen LogP contribution in [0.1, 0.15) is 38.2 Å². The Morgan fingerprint density at radius 2 is 2.05 bits per heavy atom. The maximum absolute atomic E-state index is 12.0. The third-order valence-electron chi connectivity index (χ3n) is 5.03. The Bertz CT molecular complexity index is 493. The first kappa shape index (κ1) is 13.4. The van der Waals surface area contributed by atoms with Crippen LogP contribution in [0.15, 0.2) is 36.4 Å². The van der Waals surface area contributed by atoms with Crippen LogP contribution in [-0.2, 0) is 4.79 Å². The fourth-order valence-corrected chi connectivity index (χ4v) is 4.02. The van der Waals surface area contributed by atoms with Crippen LogP contribution >= 0.6 is 0 Å². The first-order valence-corrected chi connectivity index (χ1v) is 7.76. The third-order valence-corrected chi connectivity index (χ3v) is 5.03. The molecule has 0 radical (unpaired) electrons. The first-order valence-electron chi connectivity index (χ1n) is 7.76. The van der Waals surface area contributed by atoms with E-state index >= 15 is 0 Å². The Morgan fingerprint density at radius 3 is 2.70 bits per heavy atom. The van der Waals surface area contributed by atoms with Crippen LogP contribution in [-0.4, -0.2) is 11.9 Å². The van der Waals surface area contributed by atoms with E-state index in [4.69, 9.17) is 0 Å². The van der Waals surface area contributed by atoms with Gasteiger partial charge in [0.15, 0.2) is 0 Å². The van der Waals surface area contributed by atoms with Gasteiger partial charge in [-0.15, -0.1) is 0 Å². The zero-order valence-corrected chi connectivity index (χ0v) is 12.1. The van der Waals surface area contributed by atoms with E-state index in [9.17, 15) is 4.79 Å². The van der Waals surface area contributed by atoms with Crippen LogP contribution in [0.5, 0.6) is 0 Å². The van der Waals surface area contributed by atoms with Crippen molar-refractivity contribution in [3.63, 3.8) is 0 Å². The number of hydrogen-bond donors (Lipinski definition) is 1. The fourth-order valence-electron chi connectivity index (χ4n) is 4.02. The van der Waals surface area contributed by atoms with E-state index in [1.807, 2.05) is 36.4 Å². The second kappa shape index (κ2) is 5.82. The lowest BCUT2D eigenvalue weighted by Gasteiger charge is -2.28.